The quantitative estimate of drug-likeness (QED) is 0.942. The van der Waals surface area contributed by atoms with E-state index in [0.717, 1.165) is 30.0 Å². The largest absolute Gasteiger partial charge is 0.323 e. The molecule has 0 aliphatic heterocycles. The van der Waals surface area contributed by atoms with Gasteiger partial charge in [0.1, 0.15) is 0 Å². The van der Waals surface area contributed by atoms with E-state index in [1.807, 2.05) is 18.3 Å². The molecule has 2 fully saturated rings. The molecule has 2 heterocycles. The maximum Gasteiger partial charge on any atom is 0.227 e. The fraction of sp³-hybridized carbons (Fsp3) is 0.562. The summed E-state index contributed by atoms with van der Waals surface area (Å²) in [4.78, 5) is 17.0. The van der Waals surface area contributed by atoms with E-state index in [-0.39, 0.29) is 11.8 Å². The predicted molar refractivity (Wildman–Crippen MR) is 80.2 cm³/mol. The van der Waals surface area contributed by atoms with Crippen LogP contribution in [0.2, 0.25) is 0 Å². The smallest absolute Gasteiger partial charge is 0.227 e. The summed E-state index contributed by atoms with van der Waals surface area (Å²) in [6, 6.07) is 3.83. The van der Waals surface area contributed by atoms with Gasteiger partial charge >= 0.3 is 0 Å². The Kier molecular flexibility index (Phi) is 3.13. The molecule has 5 nitrogen and oxygen atoms in total. The third-order valence-electron chi connectivity index (χ3n) is 4.56. The van der Waals surface area contributed by atoms with Gasteiger partial charge in [-0.05, 0) is 37.8 Å². The topological polar surface area (TPSA) is 59.3 Å². The van der Waals surface area contributed by atoms with Crippen LogP contribution in [-0.2, 0) is 4.79 Å². The zero-order chi connectivity index (χ0) is 14.2. The lowest BCUT2D eigenvalue weighted by Crippen LogP contribution is -2.25. The lowest BCUT2D eigenvalue weighted by Gasteiger charge is -2.20. The van der Waals surface area contributed by atoms with E-state index in [1.54, 1.807) is 4.52 Å². The number of hydrogen-bond donors (Lipinski definition) is 1. The van der Waals surface area contributed by atoms with Gasteiger partial charge in [-0.15, -0.1) is 0 Å². The lowest BCUT2D eigenvalue weighted by molar-refractivity contribution is -0.120. The molecule has 2 aliphatic rings. The number of rotatable bonds is 3. The third-order valence-corrected chi connectivity index (χ3v) is 4.56. The van der Waals surface area contributed by atoms with Crippen molar-refractivity contribution in [3.05, 3.63) is 24.2 Å². The second-order valence-corrected chi connectivity index (χ2v) is 6.26. The first-order valence-electron chi connectivity index (χ1n) is 7.97. The number of carbonyl (C=O) groups excluding carboxylic acids is 1. The fourth-order valence-corrected chi connectivity index (χ4v) is 3.13. The van der Waals surface area contributed by atoms with Crippen molar-refractivity contribution in [1.29, 1.82) is 0 Å². The van der Waals surface area contributed by atoms with Gasteiger partial charge in [-0.3, -0.25) is 4.79 Å². The number of fused-ring (bicyclic) bond motifs is 1. The van der Waals surface area contributed by atoms with Crippen molar-refractivity contribution in [2.24, 2.45) is 5.92 Å². The Bertz CT molecular complexity index is 668. The Morgan fingerprint density at radius 2 is 2.00 bits per heavy atom. The summed E-state index contributed by atoms with van der Waals surface area (Å²) in [5.41, 5.74) is 1.55. The predicted octanol–water partition coefficient (Wildman–Crippen LogP) is 3.13. The average Bonchev–Trinajstić information content (AvgIpc) is 3.28. The molecule has 0 bridgehead atoms. The Morgan fingerprint density at radius 3 is 2.76 bits per heavy atom. The van der Waals surface area contributed by atoms with Crippen LogP contribution in [0.1, 0.15) is 56.7 Å². The van der Waals surface area contributed by atoms with E-state index in [9.17, 15) is 4.79 Å². The van der Waals surface area contributed by atoms with Gasteiger partial charge in [0.15, 0.2) is 11.5 Å². The number of nitrogens with zero attached hydrogens (tertiary/aromatic N) is 3. The summed E-state index contributed by atoms with van der Waals surface area (Å²) in [5, 5.41) is 7.57. The van der Waals surface area contributed by atoms with Gasteiger partial charge in [0.2, 0.25) is 5.91 Å². The molecule has 0 saturated heterocycles. The van der Waals surface area contributed by atoms with Crippen molar-refractivity contribution in [1.82, 2.24) is 14.6 Å². The first kappa shape index (κ1) is 12.8. The van der Waals surface area contributed by atoms with Crippen LogP contribution in [-0.4, -0.2) is 20.5 Å². The van der Waals surface area contributed by atoms with E-state index in [0.29, 0.717) is 5.92 Å². The number of nitrogens with one attached hydrogen (secondary N) is 1. The number of pyridine rings is 1. The summed E-state index contributed by atoms with van der Waals surface area (Å²) in [7, 11) is 0. The molecule has 1 N–H and O–H groups in total. The fourth-order valence-electron chi connectivity index (χ4n) is 3.13. The summed E-state index contributed by atoms with van der Waals surface area (Å²) >= 11 is 0. The summed E-state index contributed by atoms with van der Waals surface area (Å²) < 4.78 is 1.78. The van der Waals surface area contributed by atoms with Crippen molar-refractivity contribution < 1.29 is 4.79 Å². The average molecular weight is 284 g/mol. The van der Waals surface area contributed by atoms with E-state index < -0.39 is 0 Å². The van der Waals surface area contributed by atoms with Gasteiger partial charge in [-0.2, -0.15) is 5.10 Å². The highest BCUT2D eigenvalue weighted by Crippen LogP contribution is 2.38. The molecule has 0 unspecified atom stereocenters. The highest BCUT2D eigenvalue weighted by Gasteiger charge is 2.28. The molecule has 1 amide bonds. The zero-order valence-electron chi connectivity index (χ0n) is 12.1. The second-order valence-electron chi connectivity index (χ2n) is 6.26. The lowest BCUT2D eigenvalue weighted by atomic mass is 9.88. The van der Waals surface area contributed by atoms with E-state index in [2.05, 4.69) is 15.4 Å². The minimum atomic E-state index is 0.138. The van der Waals surface area contributed by atoms with Crippen molar-refractivity contribution in [3.63, 3.8) is 0 Å². The molecule has 0 radical (unpaired) electrons. The van der Waals surface area contributed by atoms with Crippen LogP contribution in [0.25, 0.3) is 5.65 Å². The molecular weight excluding hydrogens is 264 g/mol. The van der Waals surface area contributed by atoms with Crippen LogP contribution in [0.5, 0.6) is 0 Å². The second kappa shape index (κ2) is 5.13. The normalized spacial score (nSPS) is 19.8. The van der Waals surface area contributed by atoms with Crippen LogP contribution < -0.4 is 5.32 Å². The molecule has 2 aromatic heterocycles. The third kappa shape index (κ3) is 2.52. The molecule has 4 rings (SSSR count). The minimum Gasteiger partial charge on any atom is -0.323 e. The summed E-state index contributed by atoms with van der Waals surface area (Å²) in [5.74, 6) is 1.73. The van der Waals surface area contributed by atoms with E-state index >= 15 is 0 Å². The van der Waals surface area contributed by atoms with Crippen molar-refractivity contribution in [2.45, 2.75) is 50.9 Å². The van der Waals surface area contributed by atoms with Gasteiger partial charge < -0.3 is 5.32 Å². The SMILES string of the molecule is O=C(Nc1cccn2nc(C3CC3)nc12)C1CCCCC1. The number of aromatic nitrogens is 3. The van der Waals surface area contributed by atoms with Crippen LogP contribution in [0, 0.1) is 5.92 Å². The van der Waals surface area contributed by atoms with Crippen molar-refractivity contribution in [3.8, 4) is 0 Å². The Labute approximate surface area is 123 Å². The van der Waals surface area contributed by atoms with Crippen molar-refractivity contribution >= 4 is 17.2 Å². The Balaban J connectivity index is 1.58. The molecule has 5 heteroatoms. The van der Waals surface area contributed by atoms with Gasteiger partial charge in [0.25, 0.3) is 0 Å². The first-order valence-corrected chi connectivity index (χ1v) is 7.97. The Hall–Kier alpha value is -1.91. The highest BCUT2D eigenvalue weighted by atomic mass is 16.1. The van der Waals surface area contributed by atoms with Crippen LogP contribution in [0.15, 0.2) is 18.3 Å². The molecule has 2 aliphatic carbocycles. The highest BCUT2D eigenvalue weighted by molar-refractivity contribution is 5.95. The summed E-state index contributed by atoms with van der Waals surface area (Å²) in [6.45, 7) is 0. The number of hydrogen-bond acceptors (Lipinski definition) is 3. The van der Waals surface area contributed by atoms with Crippen LogP contribution in [0.3, 0.4) is 0 Å². The maximum absolute atomic E-state index is 12.4. The molecule has 0 aromatic carbocycles. The van der Waals surface area contributed by atoms with Crippen LogP contribution in [0.4, 0.5) is 5.69 Å². The van der Waals surface area contributed by atoms with E-state index in [1.165, 1.54) is 32.1 Å². The molecule has 21 heavy (non-hydrogen) atoms. The van der Waals surface area contributed by atoms with Crippen molar-refractivity contribution in [2.75, 3.05) is 5.32 Å². The summed E-state index contributed by atoms with van der Waals surface area (Å²) in [6.07, 6.45) is 9.86. The molecule has 110 valence electrons. The zero-order valence-corrected chi connectivity index (χ0v) is 12.1. The minimum absolute atomic E-state index is 0.138. The molecular formula is C16H20N4O. The molecule has 2 saturated carbocycles. The molecule has 0 spiro atoms. The molecule has 0 atom stereocenters. The number of amides is 1. The number of anilines is 1. The van der Waals surface area contributed by atoms with Gasteiger partial charge in [0, 0.05) is 18.0 Å². The van der Waals surface area contributed by atoms with Crippen LogP contribution >= 0.6 is 0 Å². The Morgan fingerprint density at radius 1 is 1.19 bits per heavy atom. The van der Waals surface area contributed by atoms with Gasteiger partial charge in [-0.25, -0.2) is 9.50 Å². The number of carbonyl (C=O) groups is 1. The monoisotopic (exact) mass is 284 g/mol. The first-order chi connectivity index (χ1) is 10.3. The standard InChI is InChI=1S/C16H20N4O/c21-16(12-5-2-1-3-6-12)17-13-7-4-10-20-15(13)18-14(19-20)11-8-9-11/h4,7,10-12H,1-3,5-6,8-9H2,(H,17,21). The van der Waals surface area contributed by atoms with E-state index in [4.69, 9.17) is 0 Å². The van der Waals surface area contributed by atoms with Gasteiger partial charge in [0.05, 0.1) is 5.69 Å². The molecule has 2 aromatic rings. The van der Waals surface area contributed by atoms with Gasteiger partial charge in [-0.1, -0.05) is 19.3 Å². The maximum atomic E-state index is 12.4.